The molecule has 2 aromatic heterocycles. The number of carbonyl (C=O) groups is 1. The molecule has 0 bridgehead atoms. The van der Waals surface area contributed by atoms with Gasteiger partial charge in [0.15, 0.2) is 11.5 Å². The number of urea groups is 1. The molecule has 4 rings (SSSR count). The lowest BCUT2D eigenvalue weighted by atomic mass is 9.98. The van der Waals surface area contributed by atoms with Gasteiger partial charge in [-0.2, -0.15) is 0 Å². The Kier molecular flexibility index (Phi) is 4.33. The standard InChI is InChI=1S/C19H20N4O2/c24-19(21-12-15-7-3-4-10-20-15)23-11-5-6-14(13-23)18-22-16-8-1-2-9-17(16)25-18/h1-4,7-10,14H,5-6,11-13H2,(H,21,24)/t14-/m1/s1. The summed E-state index contributed by atoms with van der Waals surface area (Å²) in [6.07, 6.45) is 3.66. The number of para-hydroxylation sites is 2. The highest BCUT2D eigenvalue weighted by atomic mass is 16.3. The van der Waals surface area contributed by atoms with Crippen molar-refractivity contribution in [2.75, 3.05) is 13.1 Å². The smallest absolute Gasteiger partial charge is 0.317 e. The molecule has 0 radical (unpaired) electrons. The van der Waals surface area contributed by atoms with Gasteiger partial charge in [-0.1, -0.05) is 18.2 Å². The average Bonchev–Trinajstić information content (AvgIpc) is 3.11. The second kappa shape index (κ2) is 6.93. The molecule has 1 fully saturated rings. The van der Waals surface area contributed by atoms with Crippen LogP contribution in [0.1, 0.15) is 30.3 Å². The molecule has 1 N–H and O–H groups in total. The number of amides is 2. The molecule has 1 aliphatic rings. The molecule has 3 aromatic rings. The fourth-order valence-electron chi connectivity index (χ4n) is 3.21. The largest absolute Gasteiger partial charge is 0.440 e. The number of pyridine rings is 1. The number of aromatic nitrogens is 2. The van der Waals surface area contributed by atoms with E-state index in [0.29, 0.717) is 13.1 Å². The second-order valence-corrected chi connectivity index (χ2v) is 6.28. The van der Waals surface area contributed by atoms with Crippen molar-refractivity contribution in [2.24, 2.45) is 0 Å². The number of hydrogen-bond donors (Lipinski definition) is 1. The molecular formula is C19H20N4O2. The summed E-state index contributed by atoms with van der Waals surface area (Å²) in [4.78, 5) is 23.1. The van der Waals surface area contributed by atoms with Gasteiger partial charge in [0.05, 0.1) is 18.2 Å². The number of piperidine rings is 1. The molecule has 0 saturated carbocycles. The molecule has 1 saturated heterocycles. The van der Waals surface area contributed by atoms with E-state index in [2.05, 4.69) is 15.3 Å². The van der Waals surface area contributed by atoms with E-state index < -0.39 is 0 Å². The van der Waals surface area contributed by atoms with Crippen LogP contribution in [0, 0.1) is 0 Å². The molecule has 1 atom stereocenters. The van der Waals surface area contributed by atoms with E-state index in [4.69, 9.17) is 4.42 Å². The molecule has 2 amide bonds. The van der Waals surface area contributed by atoms with Crippen LogP contribution in [0.15, 0.2) is 53.1 Å². The maximum Gasteiger partial charge on any atom is 0.317 e. The molecule has 0 spiro atoms. The highest BCUT2D eigenvalue weighted by Gasteiger charge is 2.28. The van der Waals surface area contributed by atoms with Crippen molar-refractivity contribution in [2.45, 2.75) is 25.3 Å². The van der Waals surface area contributed by atoms with Crippen LogP contribution in [0.2, 0.25) is 0 Å². The van der Waals surface area contributed by atoms with Crippen LogP contribution in [0.5, 0.6) is 0 Å². The lowest BCUT2D eigenvalue weighted by molar-refractivity contribution is 0.174. The molecule has 1 aromatic carbocycles. The number of fused-ring (bicyclic) bond motifs is 1. The van der Waals surface area contributed by atoms with Gasteiger partial charge in [0, 0.05) is 19.3 Å². The summed E-state index contributed by atoms with van der Waals surface area (Å²) in [6, 6.07) is 13.4. The Balaban J connectivity index is 1.41. The molecule has 3 heterocycles. The number of hydrogen-bond acceptors (Lipinski definition) is 4. The fourth-order valence-corrected chi connectivity index (χ4v) is 3.21. The zero-order chi connectivity index (χ0) is 17.1. The van der Waals surface area contributed by atoms with Gasteiger partial charge in [0.1, 0.15) is 5.52 Å². The van der Waals surface area contributed by atoms with Crippen LogP contribution < -0.4 is 5.32 Å². The summed E-state index contributed by atoms with van der Waals surface area (Å²) in [6.45, 7) is 1.81. The van der Waals surface area contributed by atoms with Crippen molar-refractivity contribution in [3.8, 4) is 0 Å². The minimum Gasteiger partial charge on any atom is -0.440 e. The zero-order valence-corrected chi connectivity index (χ0v) is 13.9. The number of nitrogens with one attached hydrogen (secondary N) is 1. The zero-order valence-electron chi connectivity index (χ0n) is 13.9. The van der Waals surface area contributed by atoms with Gasteiger partial charge < -0.3 is 14.6 Å². The summed E-state index contributed by atoms with van der Waals surface area (Å²) in [5, 5.41) is 2.94. The third-order valence-electron chi connectivity index (χ3n) is 4.52. The van der Waals surface area contributed by atoms with Gasteiger partial charge in [-0.25, -0.2) is 9.78 Å². The van der Waals surface area contributed by atoms with Crippen molar-refractivity contribution in [3.63, 3.8) is 0 Å². The van der Waals surface area contributed by atoms with Crippen molar-refractivity contribution >= 4 is 17.1 Å². The van der Waals surface area contributed by atoms with Crippen molar-refractivity contribution in [1.29, 1.82) is 0 Å². The molecule has 128 valence electrons. The van der Waals surface area contributed by atoms with E-state index in [1.54, 1.807) is 6.20 Å². The van der Waals surface area contributed by atoms with E-state index >= 15 is 0 Å². The van der Waals surface area contributed by atoms with E-state index in [-0.39, 0.29) is 11.9 Å². The summed E-state index contributed by atoms with van der Waals surface area (Å²) < 4.78 is 5.89. The Morgan fingerprint density at radius 3 is 2.96 bits per heavy atom. The Morgan fingerprint density at radius 2 is 2.12 bits per heavy atom. The number of oxazole rings is 1. The summed E-state index contributed by atoms with van der Waals surface area (Å²) >= 11 is 0. The number of rotatable bonds is 3. The first kappa shape index (κ1) is 15.6. The predicted octanol–water partition coefficient (Wildman–Crippen LogP) is 3.31. The minimum atomic E-state index is -0.0635. The van der Waals surface area contributed by atoms with Crippen molar-refractivity contribution < 1.29 is 9.21 Å². The number of carbonyl (C=O) groups excluding carboxylic acids is 1. The molecule has 1 aliphatic heterocycles. The second-order valence-electron chi connectivity index (χ2n) is 6.28. The van der Waals surface area contributed by atoms with Crippen LogP contribution >= 0.6 is 0 Å². The van der Waals surface area contributed by atoms with Gasteiger partial charge >= 0.3 is 6.03 Å². The van der Waals surface area contributed by atoms with E-state index in [9.17, 15) is 4.79 Å². The van der Waals surface area contributed by atoms with Gasteiger partial charge in [-0.05, 0) is 37.1 Å². The first-order valence-electron chi connectivity index (χ1n) is 8.58. The lowest BCUT2D eigenvalue weighted by Crippen LogP contribution is -2.44. The summed E-state index contributed by atoms with van der Waals surface area (Å²) in [5.74, 6) is 0.866. The highest BCUT2D eigenvalue weighted by Crippen LogP contribution is 2.28. The van der Waals surface area contributed by atoms with Gasteiger partial charge in [0.2, 0.25) is 0 Å². The van der Waals surface area contributed by atoms with Crippen LogP contribution in [-0.4, -0.2) is 34.0 Å². The third-order valence-corrected chi connectivity index (χ3v) is 4.52. The number of likely N-dealkylation sites (tertiary alicyclic amines) is 1. The molecule has 6 heteroatoms. The summed E-state index contributed by atoms with van der Waals surface area (Å²) in [5.41, 5.74) is 2.52. The maximum atomic E-state index is 12.5. The molecule has 0 aliphatic carbocycles. The van der Waals surface area contributed by atoms with E-state index in [1.165, 1.54) is 0 Å². The topological polar surface area (TPSA) is 71.3 Å². The predicted molar refractivity (Wildman–Crippen MR) is 94.0 cm³/mol. The number of nitrogens with zero attached hydrogens (tertiary/aromatic N) is 3. The van der Waals surface area contributed by atoms with Crippen LogP contribution in [-0.2, 0) is 6.54 Å². The van der Waals surface area contributed by atoms with Crippen molar-refractivity contribution in [1.82, 2.24) is 20.2 Å². The first-order valence-corrected chi connectivity index (χ1v) is 8.58. The Hall–Kier alpha value is -2.89. The van der Waals surface area contributed by atoms with Crippen LogP contribution in [0.4, 0.5) is 4.79 Å². The van der Waals surface area contributed by atoms with Crippen LogP contribution in [0.25, 0.3) is 11.1 Å². The third kappa shape index (κ3) is 3.47. The van der Waals surface area contributed by atoms with Gasteiger partial charge in [-0.3, -0.25) is 4.98 Å². The molecule has 25 heavy (non-hydrogen) atoms. The Morgan fingerprint density at radius 1 is 1.24 bits per heavy atom. The van der Waals surface area contributed by atoms with Crippen LogP contribution in [0.3, 0.4) is 0 Å². The number of benzene rings is 1. The fraction of sp³-hybridized carbons (Fsp3) is 0.316. The summed E-state index contributed by atoms with van der Waals surface area (Å²) in [7, 11) is 0. The monoisotopic (exact) mass is 336 g/mol. The van der Waals surface area contributed by atoms with Crippen molar-refractivity contribution in [3.05, 3.63) is 60.2 Å². The Bertz CT molecular complexity index is 829. The van der Waals surface area contributed by atoms with Gasteiger partial charge in [0.25, 0.3) is 0 Å². The molecular weight excluding hydrogens is 316 g/mol. The lowest BCUT2D eigenvalue weighted by Gasteiger charge is -2.31. The average molecular weight is 336 g/mol. The van der Waals surface area contributed by atoms with E-state index in [1.807, 2.05) is 47.4 Å². The maximum absolute atomic E-state index is 12.5. The molecule has 6 nitrogen and oxygen atoms in total. The van der Waals surface area contributed by atoms with E-state index in [0.717, 1.165) is 42.1 Å². The SMILES string of the molecule is O=C(NCc1ccccn1)N1CCC[C@@H](c2nc3ccccc3o2)C1. The highest BCUT2D eigenvalue weighted by molar-refractivity contribution is 5.74. The minimum absolute atomic E-state index is 0.0635. The van der Waals surface area contributed by atoms with Gasteiger partial charge in [-0.15, -0.1) is 0 Å². The Labute approximate surface area is 145 Å². The first-order chi connectivity index (χ1) is 12.3. The quantitative estimate of drug-likeness (QED) is 0.796. The molecule has 0 unspecified atom stereocenters. The normalized spacial score (nSPS) is 17.6.